The smallest absolute Gasteiger partial charge is 0.338 e. The van der Waals surface area contributed by atoms with Crippen molar-refractivity contribution in [1.82, 2.24) is 4.57 Å². The van der Waals surface area contributed by atoms with Crippen LogP contribution in [0.2, 0.25) is 0 Å². The van der Waals surface area contributed by atoms with Crippen LogP contribution in [0, 0.1) is 10.1 Å². The Morgan fingerprint density at radius 2 is 1.97 bits per heavy atom. The Kier molecular flexibility index (Phi) is 5.35. The highest BCUT2D eigenvalue weighted by Gasteiger charge is 2.33. The second kappa shape index (κ2) is 8.11. The third-order valence-corrected chi connectivity index (χ3v) is 5.90. The summed E-state index contributed by atoms with van der Waals surface area (Å²) in [7, 11) is 1.24. The van der Waals surface area contributed by atoms with Crippen LogP contribution in [-0.4, -0.2) is 22.6 Å². The van der Waals surface area contributed by atoms with Gasteiger partial charge in [0, 0.05) is 12.1 Å². The molecule has 2 aromatic carbocycles. The number of fused-ring (bicyclic) bond motifs is 1. The van der Waals surface area contributed by atoms with Crippen LogP contribution in [0.5, 0.6) is 0 Å². The Balaban J connectivity index is 2.00. The van der Waals surface area contributed by atoms with Gasteiger partial charge in [-0.3, -0.25) is 19.5 Å². The summed E-state index contributed by atoms with van der Waals surface area (Å²) in [4.78, 5) is 41.6. The van der Waals surface area contributed by atoms with Gasteiger partial charge in [0.15, 0.2) is 4.80 Å². The fraction of sp³-hybridized carbons (Fsp3) is 0.136. The molecule has 1 unspecified atom stereocenters. The molecule has 0 bridgehead atoms. The number of nitrogens with zero attached hydrogens (tertiary/aromatic N) is 3. The Bertz CT molecular complexity index is 1400. The van der Waals surface area contributed by atoms with Crippen molar-refractivity contribution in [1.29, 1.82) is 0 Å². The first-order chi connectivity index (χ1) is 14.9. The number of non-ortho nitro benzene ring substituents is 1. The van der Waals surface area contributed by atoms with Gasteiger partial charge in [-0.2, -0.15) is 0 Å². The first kappa shape index (κ1) is 20.4. The molecule has 0 saturated heterocycles. The molecule has 9 heteroatoms. The lowest BCUT2D eigenvalue weighted by atomic mass is 9.95. The standard InChI is InChI=1S/C22H17N3O5S/c1-13-18(21(27)30-2)19(15-9-6-10-16(12-15)25(28)29)24-20(26)17(31-22(24)23-13)11-14-7-4-3-5-8-14/h3-12,19H,1-2H3. The van der Waals surface area contributed by atoms with Gasteiger partial charge in [0.2, 0.25) is 0 Å². The molecule has 0 N–H and O–H groups in total. The molecule has 2 heterocycles. The van der Waals surface area contributed by atoms with Crippen molar-refractivity contribution in [2.45, 2.75) is 13.0 Å². The van der Waals surface area contributed by atoms with E-state index in [1.54, 1.807) is 19.1 Å². The van der Waals surface area contributed by atoms with Crippen molar-refractivity contribution >= 4 is 29.1 Å². The number of benzene rings is 2. The van der Waals surface area contributed by atoms with Crippen molar-refractivity contribution in [3.05, 3.63) is 107 Å². The zero-order valence-electron chi connectivity index (χ0n) is 16.6. The fourth-order valence-corrected chi connectivity index (χ4v) is 4.56. The van der Waals surface area contributed by atoms with E-state index in [4.69, 9.17) is 4.74 Å². The van der Waals surface area contributed by atoms with Crippen LogP contribution in [-0.2, 0) is 9.53 Å². The monoisotopic (exact) mass is 435 g/mol. The molecule has 0 fully saturated rings. The van der Waals surface area contributed by atoms with Crippen molar-refractivity contribution in [2.75, 3.05) is 7.11 Å². The summed E-state index contributed by atoms with van der Waals surface area (Å²) in [6, 6.07) is 14.4. The highest BCUT2D eigenvalue weighted by molar-refractivity contribution is 7.07. The van der Waals surface area contributed by atoms with E-state index < -0.39 is 16.9 Å². The molecule has 4 rings (SSSR count). The fourth-order valence-electron chi connectivity index (χ4n) is 3.52. The van der Waals surface area contributed by atoms with Crippen LogP contribution in [0.15, 0.2) is 75.7 Å². The van der Waals surface area contributed by atoms with Crippen molar-refractivity contribution in [3.8, 4) is 0 Å². The SMILES string of the molecule is COC(=O)C1=C(C)N=c2sc(=Cc3ccccc3)c(=O)n2C1c1cccc([N+](=O)[O-])c1. The molecule has 0 amide bonds. The number of nitro benzene ring substituents is 1. The van der Waals surface area contributed by atoms with Gasteiger partial charge >= 0.3 is 5.97 Å². The summed E-state index contributed by atoms with van der Waals surface area (Å²) in [6.45, 7) is 1.66. The summed E-state index contributed by atoms with van der Waals surface area (Å²) in [5, 5.41) is 11.3. The molecule has 31 heavy (non-hydrogen) atoms. The maximum Gasteiger partial charge on any atom is 0.338 e. The molecule has 1 atom stereocenters. The highest BCUT2D eigenvalue weighted by atomic mass is 32.1. The lowest BCUT2D eigenvalue weighted by Crippen LogP contribution is -2.39. The highest BCUT2D eigenvalue weighted by Crippen LogP contribution is 2.32. The van der Waals surface area contributed by atoms with E-state index in [2.05, 4.69) is 4.99 Å². The summed E-state index contributed by atoms with van der Waals surface area (Å²) in [6.07, 6.45) is 1.76. The molecule has 1 aliphatic heterocycles. The molecule has 0 saturated carbocycles. The van der Waals surface area contributed by atoms with E-state index in [-0.39, 0.29) is 16.8 Å². The van der Waals surface area contributed by atoms with Crippen LogP contribution < -0.4 is 14.9 Å². The Hall–Kier alpha value is -3.85. The Labute approximate surface area is 180 Å². The molecular formula is C22H17N3O5S. The van der Waals surface area contributed by atoms with Crippen molar-refractivity contribution in [2.24, 2.45) is 4.99 Å². The maximum absolute atomic E-state index is 13.4. The lowest BCUT2D eigenvalue weighted by molar-refractivity contribution is -0.384. The molecule has 3 aromatic rings. The number of nitro groups is 1. The van der Waals surface area contributed by atoms with E-state index in [0.29, 0.717) is 20.6 Å². The van der Waals surface area contributed by atoms with Gasteiger partial charge in [-0.15, -0.1) is 0 Å². The molecule has 0 radical (unpaired) electrons. The van der Waals surface area contributed by atoms with Crippen LogP contribution >= 0.6 is 11.3 Å². The molecule has 0 spiro atoms. The number of esters is 1. The minimum absolute atomic E-state index is 0.136. The third kappa shape index (κ3) is 3.71. The molecule has 156 valence electrons. The number of aromatic nitrogens is 1. The average molecular weight is 435 g/mol. The summed E-state index contributed by atoms with van der Waals surface area (Å²) < 4.78 is 6.78. The van der Waals surface area contributed by atoms with Gasteiger partial charge in [0.1, 0.15) is 0 Å². The maximum atomic E-state index is 13.4. The van der Waals surface area contributed by atoms with Crippen molar-refractivity contribution in [3.63, 3.8) is 0 Å². The zero-order chi connectivity index (χ0) is 22.1. The number of carbonyl (C=O) groups is 1. The van der Waals surface area contributed by atoms with E-state index in [0.717, 1.165) is 5.56 Å². The van der Waals surface area contributed by atoms with Crippen LogP contribution in [0.3, 0.4) is 0 Å². The minimum atomic E-state index is -0.887. The molecule has 8 nitrogen and oxygen atoms in total. The third-order valence-electron chi connectivity index (χ3n) is 4.92. The van der Waals surface area contributed by atoms with Gasteiger partial charge < -0.3 is 4.74 Å². The van der Waals surface area contributed by atoms with E-state index in [9.17, 15) is 19.7 Å². The van der Waals surface area contributed by atoms with Crippen LogP contribution in [0.1, 0.15) is 24.1 Å². The first-order valence-electron chi connectivity index (χ1n) is 9.31. The predicted molar refractivity (Wildman–Crippen MR) is 115 cm³/mol. The molecule has 0 aliphatic carbocycles. The minimum Gasteiger partial charge on any atom is -0.466 e. The van der Waals surface area contributed by atoms with Gasteiger partial charge in [-0.25, -0.2) is 9.79 Å². The van der Waals surface area contributed by atoms with E-state index >= 15 is 0 Å². The number of carbonyl (C=O) groups excluding carboxylic acids is 1. The first-order valence-corrected chi connectivity index (χ1v) is 10.1. The normalized spacial score (nSPS) is 15.9. The van der Waals surface area contributed by atoms with Crippen molar-refractivity contribution < 1.29 is 14.5 Å². The summed E-state index contributed by atoms with van der Waals surface area (Å²) in [5.41, 5.74) is 1.37. The number of allylic oxidation sites excluding steroid dienone is 1. The van der Waals surface area contributed by atoms with Gasteiger partial charge in [-0.1, -0.05) is 53.8 Å². The summed E-state index contributed by atoms with van der Waals surface area (Å²) >= 11 is 1.20. The second-order valence-corrected chi connectivity index (χ2v) is 7.85. The number of hydrogen-bond donors (Lipinski definition) is 0. The number of hydrogen-bond acceptors (Lipinski definition) is 7. The number of methoxy groups -OCH3 is 1. The molecular weight excluding hydrogens is 418 g/mol. The van der Waals surface area contributed by atoms with E-state index in [1.165, 1.54) is 41.2 Å². The molecule has 1 aromatic heterocycles. The Morgan fingerprint density at radius 1 is 1.23 bits per heavy atom. The second-order valence-electron chi connectivity index (χ2n) is 6.84. The molecule has 1 aliphatic rings. The zero-order valence-corrected chi connectivity index (χ0v) is 17.5. The average Bonchev–Trinajstić information content (AvgIpc) is 3.07. The van der Waals surface area contributed by atoms with Crippen LogP contribution in [0.4, 0.5) is 5.69 Å². The number of rotatable bonds is 4. The van der Waals surface area contributed by atoms with Crippen LogP contribution in [0.25, 0.3) is 6.08 Å². The lowest BCUT2D eigenvalue weighted by Gasteiger charge is -2.24. The van der Waals surface area contributed by atoms with Gasteiger partial charge in [-0.05, 0) is 24.1 Å². The number of thiazole rings is 1. The summed E-state index contributed by atoms with van der Waals surface area (Å²) in [5.74, 6) is -0.643. The Morgan fingerprint density at radius 3 is 2.65 bits per heavy atom. The number of ether oxygens (including phenoxy) is 1. The topological polar surface area (TPSA) is 104 Å². The van der Waals surface area contributed by atoms with Gasteiger partial charge in [0.25, 0.3) is 11.2 Å². The largest absolute Gasteiger partial charge is 0.466 e. The van der Waals surface area contributed by atoms with E-state index in [1.807, 2.05) is 30.3 Å². The quantitative estimate of drug-likeness (QED) is 0.355. The van der Waals surface area contributed by atoms with Gasteiger partial charge in [0.05, 0.1) is 33.9 Å². The predicted octanol–water partition coefficient (Wildman–Crippen LogP) is 2.32.